The molecule has 4 rings (SSSR count). The van der Waals surface area contributed by atoms with Crippen LogP contribution in [0.4, 0.5) is 0 Å². The first kappa shape index (κ1) is 15.0. The molecule has 1 aliphatic rings. The van der Waals surface area contributed by atoms with E-state index < -0.39 is 0 Å². The second kappa shape index (κ2) is 6.17. The van der Waals surface area contributed by atoms with E-state index in [1.807, 2.05) is 40.3 Å². The Labute approximate surface area is 143 Å². The number of nitrogens with zero attached hydrogens (tertiary/aromatic N) is 1. The van der Waals surface area contributed by atoms with Gasteiger partial charge in [-0.2, -0.15) is 0 Å². The van der Waals surface area contributed by atoms with Crippen LogP contribution in [0.25, 0.3) is 11.3 Å². The summed E-state index contributed by atoms with van der Waals surface area (Å²) in [5.41, 5.74) is 4.23. The summed E-state index contributed by atoms with van der Waals surface area (Å²) in [7, 11) is 0. The zero-order valence-corrected chi connectivity index (χ0v) is 14.1. The summed E-state index contributed by atoms with van der Waals surface area (Å²) in [5.74, 6) is 1.52. The fourth-order valence-corrected chi connectivity index (χ4v) is 3.68. The third kappa shape index (κ3) is 2.71. The number of rotatable bonds is 3. The van der Waals surface area contributed by atoms with E-state index in [4.69, 9.17) is 9.47 Å². The van der Waals surface area contributed by atoms with Crippen molar-refractivity contribution in [2.24, 2.45) is 0 Å². The maximum Gasteiger partial charge on any atom is 0.307 e. The van der Waals surface area contributed by atoms with Gasteiger partial charge in [0, 0.05) is 10.9 Å². The van der Waals surface area contributed by atoms with Crippen molar-refractivity contribution in [2.45, 2.75) is 13.5 Å². The standard InChI is InChI=1S/C19H17NO3S/c1-13-4-2-3-5-15(13)16-12-24-19(21)20(16)11-14-6-7-17-18(10-14)23-9-8-22-17/h2-7,10,12H,8-9,11H2,1H3. The molecule has 2 heterocycles. The van der Waals surface area contributed by atoms with E-state index in [0.717, 1.165) is 33.9 Å². The Morgan fingerprint density at radius 1 is 1.08 bits per heavy atom. The molecule has 0 saturated carbocycles. The minimum absolute atomic E-state index is 0.0446. The number of hydrogen-bond donors (Lipinski definition) is 0. The lowest BCUT2D eigenvalue weighted by Gasteiger charge is -2.19. The van der Waals surface area contributed by atoms with Crippen LogP contribution in [0.3, 0.4) is 0 Å². The van der Waals surface area contributed by atoms with E-state index in [1.165, 1.54) is 11.3 Å². The number of ether oxygens (including phenoxy) is 2. The lowest BCUT2D eigenvalue weighted by molar-refractivity contribution is 0.171. The molecule has 5 heteroatoms. The van der Waals surface area contributed by atoms with E-state index in [-0.39, 0.29) is 4.87 Å². The summed E-state index contributed by atoms with van der Waals surface area (Å²) >= 11 is 1.23. The summed E-state index contributed by atoms with van der Waals surface area (Å²) in [6.45, 7) is 3.71. The Balaban J connectivity index is 1.72. The predicted octanol–water partition coefficient (Wildman–Crippen LogP) is 3.70. The molecule has 0 saturated heterocycles. The molecule has 4 nitrogen and oxygen atoms in total. The highest BCUT2D eigenvalue weighted by atomic mass is 32.1. The quantitative estimate of drug-likeness (QED) is 0.730. The second-order valence-electron chi connectivity index (χ2n) is 5.77. The van der Waals surface area contributed by atoms with Gasteiger partial charge in [-0.05, 0) is 30.2 Å². The number of fused-ring (bicyclic) bond motifs is 1. The third-order valence-corrected chi connectivity index (χ3v) is 4.91. The smallest absolute Gasteiger partial charge is 0.307 e. The summed E-state index contributed by atoms with van der Waals surface area (Å²) < 4.78 is 13.0. The Morgan fingerprint density at radius 3 is 2.71 bits per heavy atom. The van der Waals surface area contributed by atoms with Gasteiger partial charge in [-0.1, -0.05) is 41.7 Å². The molecular weight excluding hydrogens is 322 g/mol. The van der Waals surface area contributed by atoms with Gasteiger partial charge in [-0.25, -0.2) is 0 Å². The summed E-state index contributed by atoms with van der Waals surface area (Å²) in [4.78, 5) is 12.4. The molecule has 0 fully saturated rings. The minimum atomic E-state index is 0.0446. The van der Waals surface area contributed by atoms with Crippen LogP contribution in [0.2, 0.25) is 0 Å². The van der Waals surface area contributed by atoms with Crippen LogP contribution in [0.5, 0.6) is 11.5 Å². The van der Waals surface area contributed by atoms with E-state index in [0.29, 0.717) is 19.8 Å². The van der Waals surface area contributed by atoms with Gasteiger partial charge in [0.05, 0.1) is 12.2 Å². The molecule has 0 amide bonds. The first-order valence-corrected chi connectivity index (χ1v) is 8.73. The summed E-state index contributed by atoms with van der Waals surface area (Å²) in [6.07, 6.45) is 0. The fraction of sp³-hybridized carbons (Fsp3) is 0.211. The normalized spacial score (nSPS) is 13.0. The monoisotopic (exact) mass is 339 g/mol. The van der Waals surface area contributed by atoms with Crippen molar-refractivity contribution in [2.75, 3.05) is 13.2 Å². The van der Waals surface area contributed by atoms with Gasteiger partial charge in [0.2, 0.25) is 0 Å². The molecule has 122 valence electrons. The lowest BCUT2D eigenvalue weighted by Crippen LogP contribution is -2.17. The van der Waals surface area contributed by atoms with Crippen molar-refractivity contribution in [1.29, 1.82) is 0 Å². The van der Waals surface area contributed by atoms with Gasteiger partial charge in [-0.3, -0.25) is 9.36 Å². The summed E-state index contributed by atoms with van der Waals surface area (Å²) in [5, 5.41) is 1.93. The topological polar surface area (TPSA) is 40.5 Å². The van der Waals surface area contributed by atoms with Crippen LogP contribution < -0.4 is 14.3 Å². The van der Waals surface area contributed by atoms with Crippen molar-refractivity contribution in [3.05, 3.63) is 68.6 Å². The highest BCUT2D eigenvalue weighted by molar-refractivity contribution is 7.07. The van der Waals surface area contributed by atoms with Crippen LogP contribution in [0, 0.1) is 6.92 Å². The van der Waals surface area contributed by atoms with E-state index >= 15 is 0 Å². The highest BCUT2D eigenvalue weighted by Crippen LogP contribution is 2.31. The highest BCUT2D eigenvalue weighted by Gasteiger charge is 2.15. The predicted molar refractivity (Wildman–Crippen MR) is 95.3 cm³/mol. The molecule has 1 aromatic heterocycles. The van der Waals surface area contributed by atoms with Crippen LogP contribution >= 0.6 is 11.3 Å². The Kier molecular flexibility index (Phi) is 3.86. The van der Waals surface area contributed by atoms with E-state index in [2.05, 4.69) is 19.1 Å². The van der Waals surface area contributed by atoms with Gasteiger partial charge in [-0.15, -0.1) is 0 Å². The van der Waals surface area contributed by atoms with Crippen LogP contribution in [0.1, 0.15) is 11.1 Å². The fourth-order valence-electron chi connectivity index (χ4n) is 2.92. The molecule has 0 aliphatic carbocycles. The zero-order valence-electron chi connectivity index (χ0n) is 13.3. The van der Waals surface area contributed by atoms with E-state index in [9.17, 15) is 4.79 Å². The Hall–Kier alpha value is -2.53. The number of aryl methyl sites for hydroxylation is 1. The first-order chi connectivity index (χ1) is 11.7. The van der Waals surface area contributed by atoms with Crippen LogP contribution in [-0.4, -0.2) is 17.8 Å². The largest absolute Gasteiger partial charge is 0.486 e. The van der Waals surface area contributed by atoms with Gasteiger partial charge in [0.25, 0.3) is 0 Å². The first-order valence-electron chi connectivity index (χ1n) is 7.85. The van der Waals surface area contributed by atoms with Gasteiger partial charge < -0.3 is 9.47 Å². The van der Waals surface area contributed by atoms with Crippen molar-refractivity contribution in [3.63, 3.8) is 0 Å². The van der Waals surface area contributed by atoms with Crippen molar-refractivity contribution in [1.82, 2.24) is 4.57 Å². The van der Waals surface area contributed by atoms with E-state index in [1.54, 1.807) is 0 Å². The maximum absolute atomic E-state index is 12.3. The summed E-state index contributed by atoms with van der Waals surface area (Å²) in [6, 6.07) is 14.0. The number of thiazole rings is 1. The zero-order chi connectivity index (χ0) is 16.5. The molecular formula is C19H17NO3S. The Morgan fingerprint density at radius 2 is 1.88 bits per heavy atom. The van der Waals surface area contributed by atoms with Gasteiger partial charge >= 0.3 is 4.87 Å². The molecule has 2 aromatic carbocycles. The average Bonchev–Trinajstić information content (AvgIpc) is 2.96. The molecule has 0 spiro atoms. The van der Waals surface area contributed by atoms with Crippen molar-refractivity contribution in [3.8, 4) is 22.8 Å². The minimum Gasteiger partial charge on any atom is -0.486 e. The molecule has 0 bridgehead atoms. The molecule has 0 N–H and O–H groups in total. The van der Waals surface area contributed by atoms with Crippen molar-refractivity contribution < 1.29 is 9.47 Å². The molecule has 0 atom stereocenters. The lowest BCUT2D eigenvalue weighted by atomic mass is 10.1. The maximum atomic E-state index is 12.3. The number of aromatic nitrogens is 1. The van der Waals surface area contributed by atoms with Gasteiger partial charge in [0.15, 0.2) is 11.5 Å². The van der Waals surface area contributed by atoms with Crippen molar-refractivity contribution >= 4 is 11.3 Å². The SMILES string of the molecule is Cc1ccccc1-c1csc(=O)n1Cc1ccc2c(c1)OCCO2. The molecule has 0 radical (unpaired) electrons. The molecule has 1 aliphatic heterocycles. The molecule has 3 aromatic rings. The van der Waals surface area contributed by atoms with Crippen LogP contribution in [0.15, 0.2) is 52.6 Å². The Bertz CT molecular complexity index is 942. The molecule has 24 heavy (non-hydrogen) atoms. The second-order valence-corrected chi connectivity index (χ2v) is 6.59. The number of benzene rings is 2. The van der Waals surface area contributed by atoms with Crippen LogP contribution in [-0.2, 0) is 6.54 Å². The molecule has 0 unspecified atom stereocenters. The average molecular weight is 339 g/mol. The number of hydrogen-bond acceptors (Lipinski definition) is 4. The third-order valence-electron chi connectivity index (χ3n) is 4.15. The van der Waals surface area contributed by atoms with Gasteiger partial charge in [0.1, 0.15) is 13.2 Å².